The van der Waals surface area contributed by atoms with Crippen molar-refractivity contribution in [2.75, 3.05) is 5.73 Å². The van der Waals surface area contributed by atoms with Crippen LogP contribution in [0.15, 0.2) is 18.2 Å². The van der Waals surface area contributed by atoms with Gasteiger partial charge in [-0.15, -0.1) is 5.10 Å². The summed E-state index contributed by atoms with van der Waals surface area (Å²) in [5.41, 5.74) is 7.28. The van der Waals surface area contributed by atoms with Gasteiger partial charge in [-0.05, 0) is 47.4 Å². The van der Waals surface area contributed by atoms with Crippen molar-refractivity contribution in [1.29, 1.82) is 0 Å². The lowest BCUT2D eigenvalue weighted by molar-refractivity contribution is 0.548. The second-order valence-corrected chi connectivity index (χ2v) is 5.45. The highest BCUT2D eigenvalue weighted by atomic mass is 35.5. The summed E-state index contributed by atoms with van der Waals surface area (Å²) in [6.45, 7) is 2.20. The summed E-state index contributed by atoms with van der Waals surface area (Å²) in [6.07, 6.45) is 3.55. The van der Waals surface area contributed by atoms with Crippen molar-refractivity contribution >= 4 is 17.3 Å². The lowest BCUT2D eigenvalue weighted by Gasteiger charge is -2.06. The van der Waals surface area contributed by atoms with Gasteiger partial charge in [0.25, 0.3) is 0 Å². The van der Waals surface area contributed by atoms with Crippen molar-refractivity contribution < 1.29 is 0 Å². The molecule has 1 aliphatic rings. The fraction of sp³-hybridized carbons (Fsp3) is 0.462. The van der Waals surface area contributed by atoms with Crippen molar-refractivity contribution in [3.63, 3.8) is 0 Å². The van der Waals surface area contributed by atoms with Crippen molar-refractivity contribution in [2.24, 2.45) is 5.92 Å². The van der Waals surface area contributed by atoms with Crippen LogP contribution >= 0.6 is 11.6 Å². The molecule has 19 heavy (non-hydrogen) atoms. The number of nitrogen functional groups attached to an aromatic ring is 1. The van der Waals surface area contributed by atoms with E-state index in [1.165, 1.54) is 12.8 Å². The molecule has 1 aliphatic carbocycles. The van der Waals surface area contributed by atoms with E-state index in [-0.39, 0.29) is 0 Å². The molecular weight excluding hydrogens is 262 g/mol. The van der Waals surface area contributed by atoms with Gasteiger partial charge in [0.1, 0.15) is 0 Å². The summed E-state index contributed by atoms with van der Waals surface area (Å²) in [5.74, 6) is 1.40. The number of benzene rings is 1. The Morgan fingerprint density at radius 2 is 2.32 bits per heavy atom. The number of tetrazole rings is 1. The first-order chi connectivity index (χ1) is 9.20. The SMILES string of the molecule is CCCC1CC1n1nnnc1-c1cc(N)ccc1Cl. The van der Waals surface area contributed by atoms with E-state index in [0.717, 1.165) is 12.0 Å². The molecule has 3 rings (SSSR count). The minimum Gasteiger partial charge on any atom is -0.399 e. The molecule has 0 bridgehead atoms. The minimum atomic E-state index is 0.405. The van der Waals surface area contributed by atoms with Gasteiger partial charge in [-0.25, -0.2) is 4.68 Å². The number of nitrogens with two attached hydrogens (primary N) is 1. The van der Waals surface area contributed by atoms with Gasteiger partial charge in [-0.2, -0.15) is 0 Å². The predicted octanol–water partition coefficient (Wildman–Crippen LogP) is 2.94. The van der Waals surface area contributed by atoms with Gasteiger partial charge in [0.2, 0.25) is 0 Å². The second kappa shape index (κ2) is 4.81. The Balaban J connectivity index is 1.94. The third kappa shape index (κ3) is 2.30. The standard InChI is InChI=1S/C13H16ClN5/c1-2-3-8-6-12(8)19-13(16-17-18-19)10-7-9(15)4-5-11(10)14/h4-5,7-8,12H,2-3,6,15H2,1H3. The number of hydrogen-bond acceptors (Lipinski definition) is 4. The van der Waals surface area contributed by atoms with Crippen molar-refractivity contribution in [3.05, 3.63) is 23.2 Å². The molecule has 1 heterocycles. The minimum absolute atomic E-state index is 0.405. The fourth-order valence-corrected chi connectivity index (χ4v) is 2.72. The van der Waals surface area contributed by atoms with Crippen molar-refractivity contribution in [3.8, 4) is 11.4 Å². The second-order valence-electron chi connectivity index (χ2n) is 5.04. The van der Waals surface area contributed by atoms with Crippen LogP contribution in [0, 0.1) is 5.92 Å². The van der Waals surface area contributed by atoms with Crippen LogP contribution in [0.4, 0.5) is 5.69 Å². The molecule has 6 heteroatoms. The number of anilines is 1. The van der Waals surface area contributed by atoms with Gasteiger partial charge in [0.05, 0.1) is 11.1 Å². The maximum Gasteiger partial charge on any atom is 0.183 e. The zero-order valence-corrected chi connectivity index (χ0v) is 11.5. The Labute approximate surface area is 116 Å². The Morgan fingerprint density at radius 1 is 1.47 bits per heavy atom. The summed E-state index contributed by atoms with van der Waals surface area (Å²) >= 11 is 6.22. The molecule has 1 aromatic heterocycles. The van der Waals surface area contributed by atoms with Gasteiger partial charge >= 0.3 is 0 Å². The highest BCUT2D eigenvalue weighted by molar-refractivity contribution is 6.33. The van der Waals surface area contributed by atoms with Crippen LogP contribution in [-0.4, -0.2) is 20.2 Å². The largest absolute Gasteiger partial charge is 0.399 e. The molecule has 0 radical (unpaired) electrons. The van der Waals surface area contributed by atoms with E-state index < -0.39 is 0 Å². The van der Waals surface area contributed by atoms with Crippen LogP contribution in [-0.2, 0) is 0 Å². The third-order valence-electron chi connectivity index (χ3n) is 3.58. The summed E-state index contributed by atoms with van der Waals surface area (Å²) in [5, 5.41) is 12.6. The summed E-state index contributed by atoms with van der Waals surface area (Å²) in [6, 6.07) is 5.78. The predicted molar refractivity (Wildman–Crippen MR) is 74.7 cm³/mol. The summed E-state index contributed by atoms with van der Waals surface area (Å²) in [4.78, 5) is 0. The monoisotopic (exact) mass is 277 g/mol. The van der Waals surface area contributed by atoms with Crippen LogP contribution in [0.2, 0.25) is 5.02 Å². The first-order valence-electron chi connectivity index (χ1n) is 6.54. The average Bonchev–Trinajstić information content (AvgIpc) is 2.99. The number of rotatable bonds is 4. The molecule has 100 valence electrons. The Morgan fingerprint density at radius 3 is 3.11 bits per heavy atom. The number of hydrogen-bond donors (Lipinski definition) is 1. The summed E-state index contributed by atoms with van der Waals surface area (Å²) < 4.78 is 1.89. The molecule has 1 saturated carbocycles. The van der Waals surface area contributed by atoms with Crippen LogP contribution in [0.25, 0.3) is 11.4 Å². The maximum absolute atomic E-state index is 6.22. The molecule has 0 amide bonds. The van der Waals surface area contributed by atoms with Crippen LogP contribution < -0.4 is 5.73 Å². The zero-order valence-electron chi connectivity index (χ0n) is 10.8. The lowest BCUT2D eigenvalue weighted by Crippen LogP contribution is -2.02. The first kappa shape index (κ1) is 12.4. The number of aromatic nitrogens is 4. The Hall–Kier alpha value is -1.62. The van der Waals surface area contributed by atoms with E-state index in [1.807, 2.05) is 10.7 Å². The van der Waals surface area contributed by atoms with Gasteiger partial charge < -0.3 is 5.73 Å². The van der Waals surface area contributed by atoms with Crippen LogP contribution in [0.1, 0.15) is 32.2 Å². The van der Waals surface area contributed by atoms with E-state index in [9.17, 15) is 0 Å². The molecule has 0 spiro atoms. The third-order valence-corrected chi connectivity index (χ3v) is 3.91. The van der Waals surface area contributed by atoms with Crippen molar-refractivity contribution in [2.45, 2.75) is 32.2 Å². The number of halogens is 1. The van der Waals surface area contributed by atoms with E-state index in [0.29, 0.717) is 28.5 Å². The topological polar surface area (TPSA) is 69.6 Å². The molecule has 0 aliphatic heterocycles. The number of nitrogens with zero attached hydrogens (tertiary/aromatic N) is 4. The van der Waals surface area contributed by atoms with E-state index >= 15 is 0 Å². The normalized spacial score (nSPS) is 21.6. The highest BCUT2D eigenvalue weighted by Crippen LogP contribution is 2.47. The van der Waals surface area contributed by atoms with Gasteiger partial charge in [0, 0.05) is 11.3 Å². The molecule has 2 aromatic rings. The average molecular weight is 278 g/mol. The molecule has 1 fully saturated rings. The van der Waals surface area contributed by atoms with Crippen molar-refractivity contribution in [1.82, 2.24) is 20.2 Å². The summed E-state index contributed by atoms with van der Waals surface area (Å²) in [7, 11) is 0. The molecule has 5 nitrogen and oxygen atoms in total. The molecule has 1 aromatic carbocycles. The van der Waals surface area contributed by atoms with Crippen LogP contribution in [0.5, 0.6) is 0 Å². The quantitative estimate of drug-likeness (QED) is 0.873. The fourth-order valence-electron chi connectivity index (χ4n) is 2.52. The van der Waals surface area contributed by atoms with E-state index in [1.54, 1.807) is 12.1 Å². The smallest absolute Gasteiger partial charge is 0.183 e. The van der Waals surface area contributed by atoms with Gasteiger partial charge in [0.15, 0.2) is 5.82 Å². The first-order valence-corrected chi connectivity index (χ1v) is 6.91. The Kier molecular flexibility index (Phi) is 3.14. The van der Waals surface area contributed by atoms with Gasteiger partial charge in [-0.1, -0.05) is 24.9 Å². The van der Waals surface area contributed by atoms with E-state index in [2.05, 4.69) is 22.4 Å². The molecule has 2 unspecified atom stereocenters. The van der Waals surface area contributed by atoms with E-state index in [4.69, 9.17) is 17.3 Å². The Bertz CT molecular complexity index is 594. The lowest BCUT2D eigenvalue weighted by atomic mass is 10.2. The maximum atomic E-state index is 6.22. The zero-order chi connectivity index (χ0) is 13.4. The van der Waals surface area contributed by atoms with Crippen LogP contribution in [0.3, 0.4) is 0 Å². The molecule has 0 saturated heterocycles. The van der Waals surface area contributed by atoms with Gasteiger partial charge in [-0.3, -0.25) is 0 Å². The molecular formula is C13H16ClN5. The molecule has 2 N–H and O–H groups in total. The molecule has 2 atom stereocenters. The highest BCUT2D eigenvalue weighted by Gasteiger charge is 2.40.